The van der Waals surface area contributed by atoms with Gasteiger partial charge in [0.15, 0.2) is 6.26 Å². The molecule has 0 aromatic carbocycles. The first kappa shape index (κ1) is 7.03. The van der Waals surface area contributed by atoms with E-state index in [0.29, 0.717) is 11.8 Å². The lowest BCUT2D eigenvalue weighted by molar-refractivity contribution is 0.439. The molecule has 54 valence electrons. The molecule has 1 aliphatic heterocycles. The molecule has 0 saturated carbocycles. The van der Waals surface area contributed by atoms with E-state index in [2.05, 4.69) is 29.9 Å². The molecule has 0 N–H and O–H groups in total. The van der Waals surface area contributed by atoms with Crippen LogP contribution in [0.5, 0.6) is 0 Å². The molecule has 1 rings (SSSR count). The van der Waals surface area contributed by atoms with Gasteiger partial charge in [0.25, 0.3) is 0 Å². The molecule has 0 aromatic rings. The van der Waals surface area contributed by atoms with Gasteiger partial charge in [0.05, 0.1) is 0 Å². The van der Waals surface area contributed by atoms with Crippen LogP contribution in [0.25, 0.3) is 0 Å². The van der Waals surface area contributed by atoms with Crippen molar-refractivity contribution in [3.63, 3.8) is 0 Å². The quantitative estimate of drug-likeness (QED) is 0.570. The molecule has 0 aliphatic carbocycles. The molecule has 0 saturated heterocycles. The summed E-state index contributed by atoms with van der Waals surface area (Å²) >= 11 is 0. The van der Waals surface area contributed by atoms with Crippen LogP contribution >= 0.6 is 0 Å². The summed E-state index contributed by atoms with van der Waals surface area (Å²) < 4.78 is 5.01. The summed E-state index contributed by atoms with van der Waals surface area (Å²) in [5.74, 6) is 3.71. The Morgan fingerprint density at radius 1 is 1.70 bits per heavy atom. The zero-order chi connectivity index (χ0) is 7.40. The van der Waals surface area contributed by atoms with Crippen molar-refractivity contribution in [1.82, 2.24) is 0 Å². The van der Waals surface area contributed by atoms with E-state index >= 15 is 0 Å². The van der Waals surface area contributed by atoms with Crippen LogP contribution in [0.15, 0.2) is 16.5 Å². The van der Waals surface area contributed by atoms with Crippen molar-refractivity contribution in [2.45, 2.75) is 20.3 Å². The van der Waals surface area contributed by atoms with Gasteiger partial charge in [0.2, 0.25) is 5.90 Å². The van der Waals surface area contributed by atoms with Gasteiger partial charge in [-0.25, -0.2) is 0 Å². The van der Waals surface area contributed by atoms with Crippen LogP contribution in [0.1, 0.15) is 20.3 Å². The second-order valence-electron chi connectivity index (χ2n) is 2.56. The molecule has 0 fully saturated rings. The van der Waals surface area contributed by atoms with E-state index in [1.807, 2.05) is 0 Å². The molecule has 1 aliphatic rings. The largest absolute Gasteiger partial charge is 0.439 e. The highest BCUT2D eigenvalue weighted by Gasteiger charge is 2.03. The lowest BCUT2D eigenvalue weighted by Crippen LogP contribution is -2.05. The molecule has 3 heteroatoms. The third-order valence-electron chi connectivity index (χ3n) is 1.05. The van der Waals surface area contributed by atoms with Gasteiger partial charge >= 0.3 is 0 Å². The summed E-state index contributed by atoms with van der Waals surface area (Å²) in [7, 11) is 0. The minimum atomic E-state index is 0.556. The van der Waals surface area contributed by atoms with Crippen molar-refractivity contribution >= 4 is 11.8 Å². The Morgan fingerprint density at radius 3 is 3.00 bits per heavy atom. The Morgan fingerprint density at radius 2 is 2.50 bits per heavy atom. The Hall–Kier alpha value is -1.08. The molecule has 0 radical (unpaired) electrons. The summed E-state index contributed by atoms with van der Waals surface area (Å²) in [6.07, 6.45) is 2.26. The van der Waals surface area contributed by atoms with E-state index in [0.717, 1.165) is 6.42 Å². The minimum Gasteiger partial charge on any atom is -0.439 e. The highest BCUT2D eigenvalue weighted by Crippen LogP contribution is 2.04. The third kappa shape index (κ3) is 2.03. The Bertz CT molecular complexity index is 200. The van der Waals surface area contributed by atoms with Gasteiger partial charge in [-0.15, -0.1) is 5.10 Å². The summed E-state index contributed by atoms with van der Waals surface area (Å²) in [6.45, 7) is 4.21. The first-order valence-corrected chi connectivity index (χ1v) is 3.29. The van der Waals surface area contributed by atoms with E-state index in [-0.39, 0.29) is 0 Å². The summed E-state index contributed by atoms with van der Waals surface area (Å²) in [5.41, 5.74) is 0. The summed E-state index contributed by atoms with van der Waals surface area (Å²) in [4.78, 5) is 0. The second kappa shape index (κ2) is 3.18. The first-order valence-electron chi connectivity index (χ1n) is 3.29. The number of hydrogen-bond donors (Lipinski definition) is 0. The van der Waals surface area contributed by atoms with Crippen molar-refractivity contribution < 1.29 is 4.74 Å². The summed E-state index contributed by atoms with van der Waals surface area (Å²) in [5, 5.41) is 7.32. The van der Waals surface area contributed by atoms with Gasteiger partial charge in [0, 0.05) is 12.3 Å². The molecular formula is C7H10N2O. The van der Waals surface area contributed by atoms with Crippen molar-refractivity contribution in [3.8, 4) is 0 Å². The van der Waals surface area contributed by atoms with E-state index in [1.54, 1.807) is 0 Å². The van der Waals surface area contributed by atoms with Crippen LogP contribution in [0.4, 0.5) is 0 Å². The van der Waals surface area contributed by atoms with Crippen LogP contribution in [-0.4, -0.2) is 11.8 Å². The van der Waals surface area contributed by atoms with Crippen molar-refractivity contribution in [2.75, 3.05) is 0 Å². The normalized spacial score (nSPS) is 15.3. The van der Waals surface area contributed by atoms with Crippen LogP contribution in [0.2, 0.25) is 0 Å². The molecular weight excluding hydrogens is 128 g/mol. The molecule has 0 spiro atoms. The van der Waals surface area contributed by atoms with Crippen LogP contribution in [-0.2, 0) is 4.74 Å². The fourth-order valence-electron chi connectivity index (χ4n) is 0.664. The SMILES string of the molecule is CC(C)CC1=NN=C=CO1. The van der Waals surface area contributed by atoms with Crippen molar-refractivity contribution in [1.29, 1.82) is 0 Å². The average Bonchev–Trinajstić information content (AvgIpc) is 1.88. The molecule has 0 aromatic heterocycles. The Labute approximate surface area is 60.1 Å². The second-order valence-corrected chi connectivity index (χ2v) is 2.56. The number of ether oxygens (including phenoxy) is 1. The minimum absolute atomic E-state index is 0.556. The maximum atomic E-state index is 5.01. The van der Waals surface area contributed by atoms with Gasteiger partial charge in [0.1, 0.15) is 0 Å². The van der Waals surface area contributed by atoms with E-state index in [1.165, 1.54) is 6.26 Å². The van der Waals surface area contributed by atoms with Gasteiger partial charge < -0.3 is 4.74 Å². The summed E-state index contributed by atoms with van der Waals surface area (Å²) in [6, 6.07) is 0. The fourth-order valence-corrected chi connectivity index (χ4v) is 0.664. The number of rotatable bonds is 2. The Kier molecular flexibility index (Phi) is 2.24. The van der Waals surface area contributed by atoms with E-state index in [9.17, 15) is 0 Å². The van der Waals surface area contributed by atoms with E-state index in [4.69, 9.17) is 4.74 Å². The lowest BCUT2D eigenvalue weighted by atomic mass is 10.1. The molecule has 0 atom stereocenters. The molecule has 1 heterocycles. The smallest absolute Gasteiger partial charge is 0.215 e. The van der Waals surface area contributed by atoms with Crippen molar-refractivity contribution in [3.05, 3.63) is 6.26 Å². The monoisotopic (exact) mass is 138 g/mol. The lowest BCUT2D eigenvalue weighted by Gasteiger charge is -2.05. The highest BCUT2D eigenvalue weighted by atomic mass is 16.5. The predicted octanol–water partition coefficient (Wildman–Crippen LogP) is 1.56. The maximum Gasteiger partial charge on any atom is 0.215 e. The van der Waals surface area contributed by atoms with Gasteiger partial charge in [-0.3, -0.25) is 0 Å². The molecule has 10 heavy (non-hydrogen) atoms. The van der Waals surface area contributed by atoms with Crippen LogP contribution in [0.3, 0.4) is 0 Å². The van der Waals surface area contributed by atoms with Gasteiger partial charge in [-0.2, -0.15) is 0 Å². The Balaban J connectivity index is 2.45. The topological polar surface area (TPSA) is 34.0 Å². The van der Waals surface area contributed by atoms with Gasteiger partial charge in [-0.1, -0.05) is 18.9 Å². The van der Waals surface area contributed by atoms with Gasteiger partial charge in [-0.05, 0) is 5.92 Å². The third-order valence-corrected chi connectivity index (χ3v) is 1.05. The maximum absolute atomic E-state index is 5.01. The molecule has 0 amide bonds. The zero-order valence-corrected chi connectivity index (χ0v) is 6.16. The van der Waals surface area contributed by atoms with Crippen LogP contribution < -0.4 is 0 Å². The molecule has 3 nitrogen and oxygen atoms in total. The van der Waals surface area contributed by atoms with Crippen LogP contribution in [0, 0.1) is 5.92 Å². The predicted molar refractivity (Wildman–Crippen MR) is 40.0 cm³/mol. The van der Waals surface area contributed by atoms with E-state index < -0.39 is 0 Å². The number of hydrogen-bond acceptors (Lipinski definition) is 3. The number of nitrogens with zero attached hydrogens (tertiary/aromatic N) is 2. The molecule has 0 bridgehead atoms. The van der Waals surface area contributed by atoms with Crippen molar-refractivity contribution in [2.24, 2.45) is 16.1 Å². The first-order chi connectivity index (χ1) is 4.79. The molecule has 0 unspecified atom stereocenters. The standard InChI is InChI=1S/C7H10N2O/c1-6(2)5-7-9-8-3-4-10-7/h4,6H,5H2,1-2H3. The highest BCUT2D eigenvalue weighted by molar-refractivity contribution is 5.79. The fraction of sp³-hybridized carbons (Fsp3) is 0.571. The average molecular weight is 138 g/mol. The zero-order valence-electron chi connectivity index (χ0n) is 6.16.